The molecule has 0 amide bonds. The summed E-state index contributed by atoms with van der Waals surface area (Å²) in [5.41, 5.74) is 2.59. The smallest absolute Gasteiger partial charge is 0.323 e. The number of benzene rings is 1. The molecule has 4 nitrogen and oxygen atoms in total. The number of esters is 1. The van der Waals surface area contributed by atoms with Gasteiger partial charge in [0, 0.05) is 13.0 Å². The van der Waals surface area contributed by atoms with Crippen molar-refractivity contribution in [2.45, 2.75) is 45.3 Å². The van der Waals surface area contributed by atoms with Crippen LogP contribution in [0, 0.1) is 6.92 Å². The summed E-state index contributed by atoms with van der Waals surface area (Å²) >= 11 is 0. The summed E-state index contributed by atoms with van der Waals surface area (Å²) in [4.78, 5) is 11.4. The standard InChI is InChI=1S/C16H23NO3/c1-10(2)14-6-5-12(7-11(14)3)20-13-8-15(17-9-13)16(18)19-4/h5-7,10,13,15,17H,8-9H2,1-4H3/t13-,15-/m1/s1. The highest BCUT2D eigenvalue weighted by atomic mass is 16.5. The van der Waals surface area contributed by atoms with Gasteiger partial charge in [-0.3, -0.25) is 4.79 Å². The Morgan fingerprint density at radius 2 is 2.15 bits per heavy atom. The molecule has 0 spiro atoms. The van der Waals surface area contributed by atoms with Crippen LogP contribution in [0.25, 0.3) is 0 Å². The van der Waals surface area contributed by atoms with E-state index in [0.717, 1.165) is 5.75 Å². The lowest BCUT2D eigenvalue weighted by molar-refractivity contribution is -0.142. The van der Waals surface area contributed by atoms with E-state index in [4.69, 9.17) is 9.47 Å². The third-order valence-corrected chi connectivity index (χ3v) is 3.74. The summed E-state index contributed by atoms with van der Waals surface area (Å²) < 4.78 is 10.7. The molecule has 1 saturated heterocycles. The molecule has 110 valence electrons. The van der Waals surface area contributed by atoms with Gasteiger partial charge in [-0.15, -0.1) is 0 Å². The average Bonchev–Trinajstić information content (AvgIpc) is 2.86. The van der Waals surface area contributed by atoms with Crippen molar-refractivity contribution in [3.8, 4) is 5.75 Å². The van der Waals surface area contributed by atoms with Crippen LogP contribution < -0.4 is 10.1 Å². The van der Waals surface area contributed by atoms with Crippen LogP contribution in [0.5, 0.6) is 5.75 Å². The molecule has 1 fully saturated rings. The zero-order valence-electron chi connectivity index (χ0n) is 12.6. The number of methoxy groups -OCH3 is 1. The van der Waals surface area contributed by atoms with Gasteiger partial charge in [-0.2, -0.15) is 0 Å². The predicted molar refractivity (Wildman–Crippen MR) is 78.1 cm³/mol. The monoisotopic (exact) mass is 277 g/mol. The highest BCUT2D eigenvalue weighted by Gasteiger charge is 2.31. The van der Waals surface area contributed by atoms with Crippen LogP contribution in [0.2, 0.25) is 0 Å². The van der Waals surface area contributed by atoms with Gasteiger partial charge >= 0.3 is 5.97 Å². The Labute approximate surface area is 120 Å². The van der Waals surface area contributed by atoms with Crippen LogP contribution >= 0.6 is 0 Å². The van der Waals surface area contributed by atoms with Crippen LogP contribution in [0.15, 0.2) is 18.2 Å². The summed E-state index contributed by atoms with van der Waals surface area (Å²) in [6.07, 6.45) is 0.667. The molecule has 4 heteroatoms. The maximum atomic E-state index is 11.4. The first-order valence-electron chi connectivity index (χ1n) is 7.09. The van der Waals surface area contributed by atoms with Crippen molar-refractivity contribution in [3.63, 3.8) is 0 Å². The van der Waals surface area contributed by atoms with Gasteiger partial charge in [-0.25, -0.2) is 0 Å². The predicted octanol–water partition coefficient (Wildman–Crippen LogP) is 2.40. The van der Waals surface area contributed by atoms with E-state index in [0.29, 0.717) is 18.9 Å². The number of rotatable bonds is 4. The number of hydrogen-bond donors (Lipinski definition) is 1. The Kier molecular flexibility index (Phi) is 4.65. The Morgan fingerprint density at radius 1 is 1.40 bits per heavy atom. The molecule has 0 radical (unpaired) electrons. The van der Waals surface area contributed by atoms with E-state index in [-0.39, 0.29) is 18.1 Å². The van der Waals surface area contributed by atoms with Gasteiger partial charge in [-0.1, -0.05) is 19.9 Å². The summed E-state index contributed by atoms with van der Waals surface area (Å²) in [5.74, 6) is 1.16. The quantitative estimate of drug-likeness (QED) is 0.859. The number of hydrogen-bond acceptors (Lipinski definition) is 4. The number of ether oxygens (including phenoxy) is 2. The highest BCUT2D eigenvalue weighted by molar-refractivity contribution is 5.76. The Morgan fingerprint density at radius 3 is 2.75 bits per heavy atom. The minimum atomic E-state index is -0.249. The van der Waals surface area contributed by atoms with Crippen molar-refractivity contribution in [1.29, 1.82) is 0 Å². The number of nitrogens with one attached hydrogen (secondary N) is 1. The van der Waals surface area contributed by atoms with Gasteiger partial charge < -0.3 is 14.8 Å². The lowest BCUT2D eigenvalue weighted by Gasteiger charge is -2.16. The first-order valence-corrected chi connectivity index (χ1v) is 7.09. The van der Waals surface area contributed by atoms with Gasteiger partial charge in [0.1, 0.15) is 17.9 Å². The number of carbonyl (C=O) groups excluding carboxylic acids is 1. The van der Waals surface area contributed by atoms with E-state index >= 15 is 0 Å². The van der Waals surface area contributed by atoms with Crippen LogP contribution in [-0.2, 0) is 9.53 Å². The summed E-state index contributed by atoms with van der Waals surface area (Å²) in [6, 6.07) is 5.95. The Hall–Kier alpha value is -1.55. The first-order chi connectivity index (χ1) is 9.51. The fourth-order valence-corrected chi connectivity index (χ4v) is 2.68. The molecule has 1 heterocycles. The second-order valence-electron chi connectivity index (χ2n) is 5.63. The molecule has 20 heavy (non-hydrogen) atoms. The molecule has 0 aromatic heterocycles. The molecule has 0 aliphatic carbocycles. The van der Waals surface area contributed by atoms with Crippen molar-refractivity contribution in [2.24, 2.45) is 0 Å². The second kappa shape index (κ2) is 6.27. The third kappa shape index (κ3) is 3.31. The van der Waals surface area contributed by atoms with Crippen molar-refractivity contribution in [3.05, 3.63) is 29.3 Å². The zero-order valence-corrected chi connectivity index (χ0v) is 12.6. The van der Waals surface area contributed by atoms with Gasteiger partial charge in [0.25, 0.3) is 0 Å². The number of aryl methyl sites for hydroxylation is 1. The van der Waals surface area contributed by atoms with Gasteiger partial charge in [0.15, 0.2) is 0 Å². The highest BCUT2D eigenvalue weighted by Crippen LogP contribution is 2.25. The minimum Gasteiger partial charge on any atom is -0.489 e. The lowest BCUT2D eigenvalue weighted by Crippen LogP contribution is -2.31. The Balaban J connectivity index is 1.98. The van der Waals surface area contributed by atoms with Crippen molar-refractivity contribution in [2.75, 3.05) is 13.7 Å². The van der Waals surface area contributed by atoms with Gasteiger partial charge in [0.2, 0.25) is 0 Å². The topological polar surface area (TPSA) is 47.6 Å². The molecular formula is C16H23NO3. The van der Waals surface area contributed by atoms with Gasteiger partial charge in [-0.05, 0) is 36.1 Å². The van der Waals surface area contributed by atoms with Crippen LogP contribution in [-0.4, -0.2) is 31.8 Å². The normalized spacial score (nSPS) is 22.1. The molecule has 0 bridgehead atoms. The van der Waals surface area contributed by atoms with Crippen molar-refractivity contribution < 1.29 is 14.3 Å². The average molecular weight is 277 g/mol. The molecule has 0 unspecified atom stereocenters. The van der Waals surface area contributed by atoms with E-state index in [1.54, 1.807) is 0 Å². The largest absolute Gasteiger partial charge is 0.489 e. The van der Waals surface area contributed by atoms with Gasteiger partial charge in [0.05, 0.1) is 7.11 Å². The molecule has 2 rings (SSSR count). The molecule has 1 N–H and O–H groups in total. The molecule has 1 aromatic carbocycles. The zero-order chi connectivity index (χ0) is 14.7. The minimum absolute atomic E-state index is 0.0170. The molecule has 1 aromatic rings. The summed E-state index contributed by atoms with van der Waals surface area (Å²) in [7, 11) is 1.41. The fourth-order valence-electron chi connectivity index (χ4n) is 2.68. The van der Waals surface area contributed by atoms with E-state index in [2.05, 4.69) is 38.2 Å². The van der Waals surface area contributed by atoms with Crippen LogP contribution in [0.3, 0.4) is 0 Å². The second-order valence-corrected chi connectivity index (χ2v) is 5.63. The van der Waals surface area contributed by atoms with E-state index < -0.39 is 0 Å². The van der Waals surface area contributed by atoms with E-state index in [1.807, 2.05) is 6.07 Å². The molecule has 1 aliphatic heterocycles. The fraction of sp³-hybridized carbons (Fsp3) is 0.562. The maximum Gasteiger partial charge on any atom is 0.323 e. The first kappa shape index (κ1) is 14.9. The molecule has 1 aliphatic rings. The van der Waals surface area contributed by atoms with E-state index in [9.17, 15) is 4.79 Å². The van der Waals surface area contributed by atoms with Crippen LogP contribution in [0.4, 0.5) is 0 Å². The van der Waals surface area contributed by atoms with Crippen molar-refractivity contribution >= 4 is 5.97 Å². The molecular weight excluding hydrogens is 254 g/mol. The lowest BCUT2D eigenvalue weighted by atomic mass is 9.98. The van der Waals surface area contributed by atoms with Crippen molar-refractivity contribution in [1.82, 2.24) is 5.32 Å². The Bertz CT molecular complexity index is 485. The summed E-state index contributed by atoms with van der Waals surface area (Å²) in [6.45, 7) is 7.15. The van der Waals surface area contributed by atoms with E-state index in [1.165, 1.54) is 18.2 Å². The maximum absolute atomic E-state index is 11.4. The third-order valence-electron chi connectivity index (χ3n) is 3.74. The molecule has 2 atom stereocenters. The van der Waals surface area contributed by atoms with Crippen LogP contribution in [0.1, 0.15) is 37.3 Å². The SMILES string of the molecule is COC(=O)[C@H]1C[C@@H](Oc2ccc(C(C)C)c(C)c2)CN1. The summed E-state index contributed by atoms with van der Waals surface area (Å²) in [5, 5.41) is 3.12. The molecule has 0 saturated carbocycles. The number of carbonyl (C=O) groups is 1.